The van der Waals surface area contributed by atoms with E-state index in [1.165, 1.54) is 0 Å². The number of carbonyl (C=O) groups is 1. The summed E-state index contributed by atoms with van der Waals surface area (Å²) in [5.41, 5.74) is 1.64. The van der Waals surface area contributed by atoms with Crippen molar-refractivity contribution in [2.75, 3.05) is 14.2 Å². The van der Waals surface area contributed by atoms with Crippen molar-refractivity contribution in [3.8, 4) is 11.6 Å². The lowest BCUT2D eigenvalue weighted by Crippen LogP contribution is -2.34. The summed E-state index contributed by atoms with van der Waals surface area (Å²) in [7, 11) is 3.10. The lowest BCUT2D eigenvalue weighted by Gasteiger charge is -2.12. The molecule has 0 saturated heterocycles. The van der Waals surface area contributed by atoms with Crippen molar-refractivity contribution in [3.05, 3.63) is 52.7 Å². The second-order valence-electron chi connectivity index (χ2n) is 4.66. The van der Waals surface area contributed by atoms with E-state index < -0.39 is 0 Å². The molecule has 0 bridgehead atoms. The molecular formula is C16H18ClN3O3. The van der Waals surface area contributed by atoms with Crippen LogP contribution in [0.5, 0.6) is 11.6 Å². The summed E-state index contributed by atoms with van der Waals surface area (Å²) in [6, 6.07) is 8.60. The van der Waals surface area contributed by atoms with Gasteiger partial charge in [0.2, 0.25) is 5.88 Å². The minimum absolute atomic E-state index is 0.298. The molecule has 0 saturated carbocycles. The van der Waals surface area contributed by atoms with Gasteiger partial charge < -0.3 is 20.1 Å². The van der Waals surface area contributed by atoms with E-state index in [2.05, 4.69) is 15.6 Å². The minimum atomic E-state index is -0.298. The van der Waals surface area contributed by atoms with E-state index in [1.807, 2.05) is 12.1 Å². The number of nitrogens with zero attached hydrogens (tertiary/aromatic N) is 1. The Morgan fingerprint density at radius 2 is 1.87 bits per heavy atom. The fourth-order valence-corrected chi connectivity index (χ4v) is 2.18. The first-order chi connectivity index (χ1) is 11.1. The molecular weight excluding hydrogens is 318 g/mol. The summed E-state index contributed by atoms with van der Waals surface area (Å²) in [6.07, 6.45) is 1.63. The van der Waals surface area contributed by atoms with E-state index >= 15 is 0 Å². The highest BCUT2D eigenvalue weighted by atomic mass is 35.5. The first kappa shape index (κ1) is 16.9. The van der Waals surface area contributed by atoms with Crippen LogP contribution in [0.15, 0.2) is 36.5 Å². The topological polar surface area (TPSA) is 72.5 Å². The van der Waals surface area contributed by atoms with Crippen molar-refractivity contribution in [1.82, 2.24) is 15.6 Å². The maximum Gasteiger partial charge on any atom is 0.315 e. The van der Waals surface area contributed by atoms with Crippen molar-refractivity contribution >= 4 is 17.6 Å². The van der Waals surface area contributed by atoms with Crippen LogP contribution in [-0.2, 0) is 13.1 Å². The predicted octanol–water partition coefficient (Wildman–Crippen LogP) is 2.75. The summed E-state index contributed by atoms with van der Waals surface area (Å²) in [6.45, 7) is 0.650. The van der Waals surface area contributed by atoms with Gasteiger partial charge >= 0.3 is 6.03 Å². The van der Waals surface area contributed by atoms with Crippen LogP contribution in [-0.4, -0.2) is 25.2 Å². The highest BCUT2D eigenvalue weighted by Crippen LogP contribution is 2.22. The molecule has 1 aromatic heterocycles. The summed E-state index contributed by atoms with van der Waals surface area (Å²) in [5, 5.41) is 6.10. The number of carbonyl (C=O) groups excluding carboxylic acids is 1. The molecule has 7 heteroatoms. The minimum Gasteiger partial charge on any atom is -0.496 e. The molecule has 0 aliphatic carbocycles. The van der Waals surface area contributed by atoms with Gasteiger partial charge in [-0.25, -0.2) is 9.78 Å². The van der Waals surface area contributed by atoms with Gasteiger partial charge in [0.15, 0.2) is 0 Å². The first-order valence-corrected chi connectivity index (χ1v) is 7.34. The van der Waals surface area contributed by atoms with Gasteiger partial charge in [0.05, 0.1) is 14.2 Å². The zero-order valence-corrected chi connectivity index (χ0v) is 13.7. The second-order valence-corrected chi connectivity index (χ2v) is 5.10. The van der Waals surface area contributed by atoms with Gasteiger partial charge in [-0.15, -0.1) is 0 Å². The van der Waals surface area contributed by atoms with Gasteiger partial charge in [-0.3, -0.25) is 0 Å². The van der Waals surface area contributed by atoms with Crippen molar-refractivity contribution in [3.63, 3.8) is 0 Å². The molecule has 0 unspecified atom stereocenters. The van der Waals surface area contributed by atoms with E-state index in [0.717, 1.165) is 11.1 Å². The van der Waals surface area contributed by atoms with E-state index in [0.29, 0.717) is 29.7 Å². The number of methoxy groups -OCH3 is 2. The number of aromatic nitrogens is 1. The number of hydrogen-bond acceptors (Lipinski definition) is 4. The number of urea groups is 1. The van der Waals surface area contributed by atoms with E-state index in [1.54, 1.807) is 38.6 Å². The molecule has 6 nitrogen and oxygen atoms in total. The zero-order valence-electron chi connectivity index (χ0n) is 12.9. The number of rotatable bonds is 6. The number of nitrogens with one attached hydrogen (secondary N) is 2. The Morgan fingerprint density at radius 3 is 2.57 bits per heavy atom. The van der Waals surface area contributed by atoms with Gasteiger partial charge in [0.25, 0.3) is 0 Å². The fourth-order valence-electron chi connectivity index (χ4n) is 2.02. The molecule has 2 amide bonds. The summed E-state index contributed by atoms with van der Waals surface area (Å²) in [5.74, 6) is 1.12. The molecule has 0 atom stereocenters. The molecule has 1 heterocycles. The lowest BCUT2D eigenvalue weighted by atomic mass is 10.2. The van der Waals surface area contributed by atoms with Gasteiger partial charge in [-0.2, -0.15) is 0 Å². The normalized spacial score (nSPS) is 10.0. The number of halogens is 1. The first-order valence-electron chi connectivity index (χ1n) is 6.96. The SMILES string of the molecule is COc1cc(Cl)ccc1CNC(=O)NCc1cccnc1OC. The average molecular weight is 336 g/mol. The highest BCUT2D eigenvalue weighted by Gasteiger charge is 2.08. The Bertz CT molecular complexity index is 679. The number of hydrogen-bond donors (Lipinski definition) is 2. The number of benzene rings is 1. The summed E-state index contributed by atoms with van der Waals surface area (Å²) < 4.78 is 10.4. The smallest absolute Gasteiger partial charge is 0.315 e. The van der Waals surface area contributed by atoms with E-state index in [9.17, 15) is 4.79 Å². The van der Waals surface area contributed by atoms with Crippen LogP contribution in [0.3, 0.4) is 0 Å². The number of pyridine rings is 1. The van der Waals surface area contributed by atoms with Crippen LogP contribution in [0, 0.1) is 0 Å². The molecule has 122 valence electrons. The van der Waals surface area contributed by atoms with Gasteiger partial charge in [-0.1, -0.05) is 23.7 Å². The molecule has 0 aliphatic rings. The summed E-state index contributed by atoms with van der Waals surface area (Å²) in [4.78, 5) is 16.0. The van der Waals surface area contributed by atoms with Crippen molar-refractivity contribution in [2.24, 2.45) is 0 Å². The molecule has 2 rings (SSSR count). The third-order valence-electron chi connectivity index (χ3n) is 3.17. The van der Waals surface area contributed by atoms with Gasteiger partial charge in [0.1, 0.15) is 5.75 Å². The van der Waals surface area contributed by atoms with E-state index in [4.69, 9.17) is 21.1 Å². The van der Waals surface area contributed by atoms with Crippen LogP contribution < -0.4 is 20.1 Å². The predicted molar refractivity (Wildman–Crippen MR) is 87.9 cm³/mol. The van der Waals surface area contributed by atoms with Gasteiger partial charge in [0, 0.05) is 35.4 Å². The van der Waals surface area contributed by atoms with Crippen LogP contribution in [0.25, 0.3) is 0 Å². The van der Waals surface area contributed by atoms with Crippen LogP contribution in [0.2, 0.25) is 5.02 Å². The molecule has 2 aromatic rings. The number of amides is 2. The molecule has 0 aliphatic heterocycles. The standard InChI is InChI=1S/C16H18ClN3O3/c1-22-14-8-13(17)6-5-11(14)9-19-16(21)20-10-12-4-3-7-18-15(12)23-2/h3-8H,9-10H2,1-2H3,(H2,19,20,21). The van der Waals surface area contributed by atoms with Crippen molar-refractivity contribution in [1.29, 1.82) is 0 Å². The zero-order chi connectivity index (χ0) is 16.7. The fraction of sp³-hybridized carbons (Fsp3) is 0.250. The van der Waals surface area contributed by atoms with Crippen molar-refractivity contribution < 1.29 is 14.3 Å². The lowest BCUT2D eigenvalue weighted by molar-refractivity contribution is 0.240. The quantitative estimate of drug-likeness (QED) is 0.851. The van der Waals surface area contributed by atoms with Gasteiger partial charge in [-0.05, 0) is 18.2 Å². The molecule has 2 N–H and O–H groups in total. The maximum atomic E-state index is 11.9. The second kappa shape index (κ2) is 8.24. The molecule has 0 radical (unpaired) electrons. The Morgan fingerprint density at radius 1 is 1.13 bits per heavy atom. The third kappa shape index (κ3) is 4.75. The van der Waals surface area contributed by atoms with Crippen LogP contribution in [0.1, 0.15) is 11.1 Å². The Hall–Kier alpha value is -2.47. The molecule has 0 fully saturated rings. The molecule has 0 spiro atoms. The molecule has 1 aromatic carbocycles. The highest BCUT2D eigenvalue weighted by molar-refractivity contribution is 6.30. The van der Waals surface area contributed by atoms with E-state index in [-0.39, 0.29) is 6.03 Å². The molecule has 23 heavy (non-hydrogen) atoms. The van der Waals surface area contributed by atoms with Crippen LogP contribution >= 0.6 is 11.6 Å². The van der Waals surface area contributed by atoms with Crippen molar-refractivity contribution in [2.45, 2.75) is 13.1 Å². The maximum absolute atomic E-state index is 11.9. The Labute approximate surface area is 139 Å². The largest absolute Gasteiger partial charge is 0.496 e. The number of ether oxygens (including phenoxy) is 2. The third-order valence-corrected chi connectivity index (χ3v) is 3.41. The monoisotopic (exact) mass is 335 g/mol. The Balaban J connectivity index is 1.88. The summed E-state index contributed by atoms with van der Waals surface area (Å²) >= 11 is 5.91. The van der Waals surface area contributed by atoms with Crippen LogP contribution in [0.4, 0.5) is 4.79 Å². The average Bonchev–Trinajstić information content (AvgIpc) is 2.58. The Kier molecular flexibility index (Phi) is 6.05.